The molecule has 0 fully saturated rings. The summed E-state index contributed by atoms with van der Waals surface area (Å²) in [6.45, 7) is 7.02. The number of aryl methyl sites for hydroxylation is 1. The van der Waals surface area contributed by atoms with Crippen LogP contribution in [0, 0.1) is 0 Å². The molecule has 0 saturated heterocycles. The largest absolute Gasteiger partial charge is 0.463 e. The fourth-order valence-corrected chi connectivity index (χ4v) is 2.67. The summed E-state index contributed by atoms with van der Waals surface area (Å²) < 4.78 is 0. The van der Waals surface area contributed by atoms with Crippen molar-refractivity contribution in [3.8, 4) is 0 Å². The van der Waals surface area contributed by atoms with E-state index in [1.807, 2.05) is 6.92 Å². The average Bonchev–Trinajstić information content (AvgIpc) is 2.64. The van der Waals surface area contributed by atoms with E-state index in [-0.39, 0.29) is 5.56 Å². The number of benzene rings is 2. The van der Waals surface area contributed by atoms with E-state index in [0.29, 0.717) is 10.6 Å². The summed E-state index contributed by atoms with van der Waals surface area (Å²) in [7, 11) is 0. The van der Waals surface area contributed by atoms with Crippen LogP contribution in [-0.4, -0.2) is 38.6 Å². The first kappa shape index (κ1) is 20.2. The molecule has 0 aliphatic heterocycles. The quantitative estimate of drug-likeness (QED) is 0.823. The maximum Gasteiger partial charge on any atom is 0.434 e. The number of carbonyl (C=O) groups is 3. The van der Waals surface area contributed by atoms with Gasteiger partial charge in [0.05, 0.1) is 5.54 Å². The molecule has 3 amide bonds. The zero-order valence-corrected chi connectivity index (χ0v) is 16.0. The summed E-state index contributed by atoms with van der Waals surface area (Å²) in [6.07, 6.45) is -0.712. The minimum absolute atomic E-state index is 0.199. The Morgan fingerprint density at radius 1 is 0.852 bits per heavy atom. The van der Waals surface area contributed by atoms with E-state index in [4.69, 9.17) is 0 Å². The molecule has 0 aliphatic rings. The first-order valence-electron chi connectivity index (χ1n) is 8.72. The monoisotopic (exact) mass is 368 g/mol. The highest BCUT2D eigenvalue weighted by atomic mass is 16.4. The molecule has 27 heavy (non-hydrogen) atoms. The van der Waals surface area contributed by atoms with Crippen LogP contribution in [0.25, 0.3) is 0 Å². The smallest absolute Gasteiger partial charge is 0.434 e. The van der Waals surface area contributed by atoms with Crippen LogP contribution in [0.15, 0.2) is 54.6 Å². The maximum absolute atomic E-state index is 13.0. The van der Waals surface area contributed by atoms with Crippen LogP contribution in [0.3, 0.4) is 0 Å². The molecule has 6 nitrogen and oxygen atoms in total. The van der Waals surface area contributed by atoms with Crippen molar-refractivity contribution in [2.24, 2.45) is 0 Å². The van der Waals surface area contributed by atoms with Gasteiger partial charge in [0.25, 0.3) is 11.8 Å². The van der Waals surface area contributed by atoms with Gasteiger partial charge in [0.15, 0.2) is 0 Å². The van der Waals surface area contributed by atoms with Gasteiger partial charge < -0.3 is 5.11 Å². The summed E-state index contributed by atoms with van der Waals surface area (Å²) >= 11 is 0. The molecule has 0 saturated carbocycles. The van der Waals surface area contributed by atoms with Gasteiger partial charge in [0.1, 0.15) is 0 Å². The van der Waals surface area contributed by atoms with Gasteiger partial charge in [-0.3, -0.25) is 9.59 Å². The number of imide groups is 1. The van der Waals surface area contributed by atoms with Crippen molar-refractivity contribution in [2.75, 3.05) is 0 Å². The molecule has 0 aliphatic carbocycles. The maximum atomic E-state index is 13.0. The Bertz CT molecular complexity index is 824. The number of hydrazine groups is 1. The van der Waals surface area contributed by atoms with Crippen LogP contribution in [0.1, 0.15) is 54.0 Å². The lowest BCUT2D eigenvalue weighted by molar-refractivity contribution is -0.0330. The molecule has 2 rings (SSSR count). The number of amides is 3. The molecule has 0 aromatic heterocycles. The van der Waals surface area contributed by atoms with Crippen LogP contribution in [0.4, 0.5) is 4.79 Å². The first-order chi connectivity index (χ1) is 12.7. The van der Waals surface area contributed by atoms with Crippen LogP contribution in [0.2, 0.25) is 0 Å². The lowest BCUT2D eigenvalue weighted by atomic mass is 10.1. The Morgan fingerprint density at radius 3 is 1.81 bits per heavy atom. The van der Waals surface area contributed by atoms with E-state index < -0.39 is 23.4 Å². The summed E-state index contributed by atoms with van der Waals surface area (Å²) in [4.78, 5) is 38.0. The van der Waals surface area contributed by atoms with Crippen LogP contribution < -0.4 is 0 Å². The Balaban J connectivity index is 2.49. The molecule has 0 unspecified atom stereocenters. The molecule has 2 aromatic carbocycles. The summed E-state index contributed by atoms with van der Waals surface area (Å²) in [6, 6.07) is 15.0. The molecule has 0 bridgehead atoms. The second-order valence-corrected chi connectivity index (χ2v) is 7.10. The van der Waals surface area contributed by atoms with Crippen LogP contribution >= 0.6 is 0 Å². The Kier molecular flexibility index (Phi) is 6.00. The third-order valence-corrected chi connectivity index (χ3v) is 4.03. The average molecular weight is 368 g/mol. The van der Waals surface area contributed by atoms with E-state index in [0.717, 1.165) is 17.0 Å². The molecule has 0 atom stereocenters. The van der Waals surface area contributed by atoms with Gasteiger partial charge in [0, 0.05) is 11.1 Å². The number of nitrogens with zero attached hydrogens (tertiary/aromatic N) is 2. The van der Waals surface area contributed by atoms with Gasteiger partial charge in [-0.2, -0.15) is 0 Å². The van der Waals surface area contributed by atoms with Gasteiger partial charge in [-0.15, -0.1) is 5.01 Å². The second-order valence-electron chi connectivity index (χ2n) is 7.10. The number of hydrogen-bond donors (Lipinski definition) is 1. The first-order valence-corrected chi connectivity index (χ1v) is 8.72. The molecule has 0 radical (unpaired) electrons. The van der Waals surface area contributed by atoms with E-state index >= 15 is 0 Å². The molecule has 142 valence electrons. The lowest BCUT2D eigenvalue weighted by Crippen LogP contribution is -2.59. The molecule has 0 heterocycles. The van der Waals surface area contributed by atoms with Gasteiger partial charge in [-0.05, 0) is 57.0 Å². The molecule has 1 N–H and O–H groups in total. The van der Waals surface area contributed by atoms with Crippen molar-refractivity contribution in [3.05, 3.63) is 71.3 Å². The minimum atomic E-state index is -1.52. The summed E-state index contributed by atoms with van der Waals surface area (Å²) in [5, 5.41) is 11.2. The van der Waals surface area contributed by atoms with E-state index in [1.165, 1.54) is 0 Å². The summed E-state index contributed by atoms with van der Waals surface area (Å²) in [5.74, 6) is -1.34. The van der Waals surface area contributed by atoms with E-state index in [2.05, 4.69) is 0 Å². The lowest BCUT2D eigenvalue weighted by Gasteiger charge is -2.40. The van der Waals surface area contributed by atoms with Crippen molar-refractivity contribution in [3.63, 3.8) is 0 Å². The number of carboxylic acid groups (broad SMARTS) is 1. The van der Waals surface area contributed by atoms with Gasteiger partial charge in [-0.1, -0.05) is 37.3 Å². The Hall–Kier alpha value is -3.15. The number of rotatable bonds is 3. The molecular formula is C21H24N2O4. The fraction of sp³-hybridized carbons (Fsp3) is 0.286. The topological polar surface area (TPSA) is 77.9 Å². The van der Waals surface area contributed by atoms with Gasteiger partial charge >= 0.3 is 6.09 Å². The molecular weight excluding hydrogens is 344 g/mol. The number of carbonyl (C=O) groups excluding carboxylic acids is 2. The SMILES string of the molecule is CCc1ccc(C(=O)N(C(=O)O)N(C(=O)c2ccccc2)C(C)(C)C)cc1. The van der Waals surface area contributed by atoms with Crippen LogP contribution in [0.5, 0.6) is 0 Å². The minimum Gasteiger partial charge on any atom is -0.463 e. The summed E-state index contributed by atoms with van der Waals surface area (Å²) in [5.41, 5.74) is 0.587. The van der Waals surface area contributed by atoms with Crippen molar-refractivity contribution in [1.82, 2.24) is 10.0 Å². The van der Waals surface area contributed by atoms with Crippen molar-refractivity contribution >= 4 is 17.9 Å². The predicted octanol–water partition coefficient (Wildman–Crippen LogP) is 4.23. The third-order valence-electron chi connectivity index (χ3n) is 4.03. The van der Waals surface area contributed by atoms with Gasteiger partial charge in [-0.25, -0.2) is 9.80 Å². The molecule has 6 heteroatoms. The third kappa shape index (κ3) is 4.53. The van der Waals surface area contributed by atoms with E-state index in [1.54, 1.807) is 75.4 Å². The van der Waals surface area contributed by atoms with Crippen molar-refractivity contribution in [2.45, 2.75) is 39.7 Å². The van der Waals surface area contributed by atoms with E-state index in [9.17, 15) is 19.5 Å². The predicted molar refractivity (Wildman–Crippen MR) is 102 cm³/mol. The van der Waals surface area contributed by atoms with Crippen molar-refractivity contribution in [1.29, 1.82) is 0 Å². The highest BCUT2D eigenvalue weighted by molar-refractivity contribution is 6.05. The fourth-order valence-electron chi connectivity index (χ4n) is 2.67. The Morgan fingerprint density at radius 2 is 1.37 bits per heavy atom. The highest BCUT2D eigenvalue weighted by Crippen LogP contribution is 2.23. The van der Waals surface area contributed by atoms with Crippen molar-refractivity contribution < 1.29 is 19.5 Å². The Labute approximate surface area is 159 Å². The highest BCUT2D eigenvalue weighted by Gasteiger charge is 2.39. The molecule has 2 aromatic rings. The molecule has 0 spiro atoms. The normalized spacial score (nSPS) is 11.0. The zero-order chi connectivity index (χ0) is 20.2. The van der Waals surface area contributed by atoms with Crippen LogP contribution in [-0.2, 0) is 6.42 Å². The number of hydrogen-bond acceptors (Lipinski definition) is 3. The zero-order valence-electron chi connectivity index (χ0n) is 16.0. The van der Waals surface area contributed by atoms with Gasteiger partial charge in [0.2, 0.25) is 0 Å². The second kappa shape index (κ2) is 8.03. The standard InChI is InChI=1S/C21H24N2O4/c1-5-15-11-13-17(14-12-15)18(24)22(20(26)27)23(21(2,3)4)19(25)16-9-7-6-8-10-16/h6-14H,5H2,1-4H3,(H,26,27).